The second-order valence-corrected chi connectivity index (χ2v) is 9.87. The Morgan fingerprint density at radius 2 is 1.88 bits per heavy atom. The molecule has 1 N–H and O–H groups in total. The van der Waals surface area contributed by atoms with Gasteiger partial charge < -0.3 is 5.32 Å². The second kappa shape index (κ2) is 7.45. The second-order valence-electron chi connectivity index (χ2n) is 6.01. The van der Waals surface area contributed by atoms with Gasteiger partial charge >= 0.3 is 0 Å². The minimum Gasteiger partial charge on any atom is -0.325 e. The van der Waals surface area contributed by atoms with Gasteiger partial charge in [0.15, 0.2) is 0 Å². The Balaban J connectivity index is 1.62. The van der Waals surface area contributed by atoms with Gasteiger partial charge in [0, 0.05) is 23.9 Å². The molecule has 0 radical (unpaired) electrons. The SMILES string of the molecule is Cc1ccc(S(=O)(=O)N2CCC(C(=O)Nc3ccccc3Cl)CC2)s1. The zero-order valence-electron chi connectivity index (χ0n) is 13.7. The first-order valence-electron chi connectivity index (χ1n) is 8.00. The summed E-state index contributed by atoms with van der Waals surface area (Å²) in [6.07, 6.45) is 1.000. The molecule has 0 aliphatic carbocycles. The molecular formula is C17H19ClN2O3S2. The zero-order chi connectivity index (χ0) is 18.0. The Morgan fingerprint density at radius 1 is 1.20 bits per heavy atom. The molecule has 0 spiro atoms. The largest absolute Gasteiger partial charge is 0.325 e. The molecule has 3 rings (SSSR count). The maximum Gasteiger partial charge on any atom is 0.252 e. The summed E-state index contributed by atoms with van der Waals surface area (Å²) >= 11 is 7.33. The number of rotatable bonds is 4. The summed E-state index contributed by atoms with van der Waals surface area (Å²) in [4.78, 5) is 13.4. The number of aryl methyl sites for hydroxylation is 1. The van der Waals surface area contributed by atoms with Crippen molar-refractivity contribution in [3.8, 4) is 0 Å². The molecule has 0 saturated carbocycles. The fraction of sp³-hybridized carbons (Fsp3) is 0.353. The molecule has 2 heterocycles. The summed E-state index contributed by atoms with van der Waals surface area (Å²) in [5.41, 5.74) is 0.582. The first kappa shape index (κ1) is 18.4. The van der Waals surface area contributed by atoms with E-state index in [4.69, 9.17) is 11.6 Å². The minimum absolute atomic E-state index is 0.114. The van der Waals surface area contributed by atoms with Crippen LogP contribution in [0.4, 0.5) is 5.69 Å². The van der Waals surface area contributed by atoms with Gasteiger partial charge in [-0.1, -0.05) is 23.7 Å². The summed E-state index contributed by atoms with van der Waals surface area (Å²) in [7, 11) is -3.46. The molecule has 1 aliphatic heterocycles. The third kappa shape index (κ3) is 4.06. The van der Waals surface area contributed by atoms with Crippen LogP contribution < -0.4 is 5.32 Å². The fourth-order valence-corrected chi connectivity index (χ4v) is 5.92. The highest BCUT2D eigenvalue weighted by Gasteiger charge is 2.32. The van der Waals surface area contributed by atoms with Crippen LogP contribution in [0.1, 0.15) is 17.7 Å². The topological polar surface area (TPSA) is 66.5 Å². The van der Waals surface area contributed by atoms with Crippen molar-refractivity contribution >= 4 is 44.6 Å². The van der Waals surface area contributed by atoms with Crippen LogP contribution in [0.3, 0.4) is 0 Å². The van der Waals surface area contributed by atoms with E-state index in [-0.39, 0.29) is 11.8 Å². The third-order valence-electron chi connectivity index (χ3n) is 4.27. The van der Waals surface area contributed by atoms with Crippen LogP contribution in [-0.4, -0.2) is 31.7 Å². The number of para-hydroxylation sites is 1. The number of thiophene rings is 1. The number of benzene rings is 1. The van der Waals surface area contributed by atoms with E-state index in [1.54, 1.807) is 36.4 Å². The molecular weight excluding hydrogens is 380 g/mol. The highest BCUT2D eigenvalue weighted by Crippen LogP contribution is 2.29. The number of hydrogen-bond acceptors (Lipinski definition) is 4. The fourth-order valence-electron chi connectivity index (χ4n) is 2.83. The number of nitrogens with one attached hydrogen (secondary N) is 1. The van der Waals surface area contributed by atoms with Crippen LogP contribution in [0, 0.1) is 12.8 Å². The van der Waals surface area contributed by atoms with E-state index in [0.717, 1.165) is 4.88 Å². The number of amides is 1. The van der Waals surface area contributed by atoms with E-state index < -0.39 is 10.0 Å². The monoisotopic (exact) mass is 398 g/mol. The molecule has 0 atom stereocenters. The highest BCUT2D eigenvalue weighted by molar-refractivity contribution is 7.91. The van der Waals surface area contributed by atoms with Crippen molar-refractivity contribution in [3.05, 3.63) is 46.3 Å². The number of nitrogens with zero attached hydrogens (tertiary/aromatic N) is 1. The predicted octanol–water partition coefficient (Wildman–Crippen LogP) is 3.75. The Bertz CT molecular complexity index is 872. The van der Waals surface area contributed by atoms with Crippen molar-refractivity contribution in [2.24, 2.45) is 5.92 Å². The molecule has 0 unspecified atom stereocenters. The zero-order valence-corrected chi connectivity index (χ0v) is 16.1. The number of sulfonamides is 1. The average molecular weight is 399 g/mol. The van der Waals surface area contributed by atoms with Crippen LogP contribution in [0.15, 0.2) is 40.6 Å². The molecule has 25 heavy (non-hydrogen) atoms. The van der Waals surface area contributed by atoms with Crippen LogP contribution in [0.25, 0.3) is 0 Å². The van der Waals surface area contributed by atoms with Gasteiger partial charge in [-0.2, -0.15) is 4.31 Å². The van der Waals surface area contributed by atoms with Crippen LogP contribution >= 0.6 is 22.9 Å². The van der Waals surface area contributed by atoms with Gasteiger partial charge in [0.2, 0.25) is 5.91 Å². The third-order valence-corrected chi connectivity index (χ3v) is 7.96. The predicted molar refractivity (Wildman–Crippen MR) is 101 cm³/mol. The molecule has 1 aliphatic rings. The number of piperidine rings is 1. The van der Waals surface area contributed by atoms with Gasteiger partial charge in [-0.05, 0) is 44.0 Å². The van der Waals surface area contributed by atoms with Crippen molar-refractivity contribution < 1.29 is 13.2 Å². The summed E-state index contributed by atoms with van der Waals surface area (Å²) in [5, 5.41) is 3.32. The summed E-state index contributed by atoms with van der Waals surface area (Å²) in [6.45, 7) is 2.58. The lowest BCUT2D eigenvalue weighted by Gasteiger charge is -2.30. The molecule has 1 fully saturated rings. The Morgan fingerprint density at radius 3 is 2.48 bits per heavy atom. The maximum absolute atomic E-state index is 12.6. The van der Waals surface area contributed by atoms with Crippen molar-refractivity contribution in [2.45, 2.75) is 24.0 Å². The van der Waals surface area contributed by atoms with Gasteiger partial charge in [-0.15, -0.1) is 11.3 Å². The van der Waals surface area contributed by atoms with Crippen molar-refractivity contribution in [1.29, 1.82) is 0 Å². The van der Waals surface area contributed by atoms with E-state index in [9.17, 15) is 13.2 Å². The molecule has 0 bridgehead atoms. The van der Waals surface area contributed by atoms with Crippen molar-refractivity contribution in [3.63, 3.8) is 0 Å². The number of carbonyl (C=O) groups excluding carboxylic acids is 1. The lowest BCUT2D eigenvalue weighted by Crippen LogP contribution is -2.41. The number of anilines is 1. The molecule has 1 aromatic carbocycles. The quantitative estimate of drug-likeness (QED) is 0.852. The summed E-state index contributed by atoms with van der Waals surface area (Å²) < 4.78 is 27.1. The van der Waals surface area contributed by atoms with E-state index in [1.807, 2.05) is 6.92 Å². The van der Waals surface area contributed by atoms with E-state index >= 15 is 0 Å². The molecule has 5 nitrogen and oxygen atoms in total. The number of hydrogen-bond donors (Lipinski definition) is 1. The average Bonchev–Trinajstić information content (AvgIpc) is 3.04. The minimum atomic E-state index is -3.46. The number of carbonyl (C=O) groups is 1. The first-order valence-corrected chi connectivity index (χ1v) is 10.6. The molecule has 1 amide bonds. The smallest absolute Gasteiger partial charge is 0.252 e. The van der Waals surface area contributed by atoms with Gasteiger partial charge in [-0.3, -0.25) is 4.79 Å². The molecule has 1 aromatic heterocycles. The Labute approximate surface area is 156 Å². The van der Waals surface area contributed by atoms with Gasteiger partial charge in [0.25, 0.3) is 10.0 Å². The molecule has 134 valence electrons. The summed E-state index contributed by atoms with van der Waals surface area (Å²) in [6, 6.07) is 10.5. The Hall–Kier alpha value is -1.41. The van der Waals surface area contributed by atoms with Gasteiger partial charge in [-0.25, -0.2) is 8.42 Å². The van der Waals surface area contributed by atoms with Crippen molar-refractivity contribution in [2.75, 3.05) is 18.4 Å². The highest BCUT2D eigenvalue weighted by atomic mass is 35.5. The lowest BCUT2D eigenvalue weighted by molar-refractivity contribution is -0.120. The lowest BCUT2D eigenvalue weighted by atomic mass is 9.97. The van der Waals surface area contributed by atoms with E-state index in [1.165, 1.54) is 15.6 Å². The van der Waals surface area contributed by atoms with Crippen LogP contribution in [0.2, 0.25) is 5.02 Å². The van der Waals surface area contributed by atoms with Crippen molar-refractivity contribution in [1.82, 2.24) is 4.31 Å². The van der Waals surface area contributed by atoms with E-state index in [2.05, 4.69) is 5.32 Å². The standard InChI is InChI=1S/C17H19ClN2O3S2/c1-12-6-7-16(24-12)25(22,23)20-10-8-13(9-11-20)17(21)19-15-5-3-2-4-14(15)18/h2-7,13H,8-11H2,1H3,(H,19,21). The van der Waals surface area contributed by atoms with Crippen LogP contribution in [-0.2, 0) is 14.8 Å². The van der Waals surface area contributed by atoms with Crippen LogP contribution in [0.5, 0.6) is 0 Å². The van der Waals surface area contributed by atoms with Gasteiger partial charge in [0.05, 0.1) is 10.7 Å². The first-order chi connectivity index (χ1) is 11.9. The van der Waals surface area contributed by atoms with E-state index in [0.29, 0.717) is 40.9 Å². The summed E-state index contributed by atoms with van der Waals surface area (Å²) in [5.74, 6) is -0.329. The number of halogens is 1. The molecule has 1 saturated heterocycles. The molecule has 2 aromatic rings. The normalized spacial score (nSPS) is 16.7. The Kier molecular flexibility index (Phi) is 5.48. The van der Waals surface area contributed by atoms with Gasteiger partial charge in [0.1, 0.15) is 4.21 Å². The molecule has 8 heteroatoms. The maximum atomic E-state index is 12.6.